The van der Waals surface area contributed by atoms with Gasteiger partial charge in [0, 0.05) is 29.4 Å². The molecule has 3 aromatic heterocycles. The highest BCUT2D eigenvalue weighted by molar-refractivity contribution is 7.18. The van der Waals surface area contributed by atoms with E-state index >= 15 is 0 Å². The Labute approximate surface area is 175 Å². The van der Waals surface area contributed by atoms with Crippen LogP contribution >= 0.6 is 11.3 Å². The van der Waals surface area contributed by atoms with Gasteiger partial charge in [-0.25, -0.2) is 9.97 Å². The molecule has 1 fully saturated rings. The van der Waals surface area contributed by atoms with Crippen LogP contribution in [0.25, 0.3) is 10.2 Å². The summed E-state index contributed by atoms with van der Waals surface area (Å²) in [7, 11) is 0. The van der Waals surface area contributed by atoms with E-state index in [1.807, 2.05) is 26.8 Å². The van der Waals surface area contributed by atoms with Crippen LogP contribution in [0.4, 0.5) is 5.82 Å². The first-order valence-corrected chi connectivity index (χ1v) is 11.0. The average Bonchev–Trinajstić information content (AvgIpc) is 3.19. The van der Waals surface area contributed by atoms with Crippen LogP contribution in [0.1, 0.15) is 53.3 Å². The van der Waals surface area contributed by atoms with Crippen LogP contribution in [0, 0.1) is 33.6 Å². The number of nitrogens with one attached hydrogen (secondary N) is 1. The molecular weight excluding hydrogens is 384 g/mol. The Balaban J connectivity index is 1.42. The summed E-state index contributed by atoms with van der Waals surface area (Å²) in [6.45, 7) is 11.8. The Hall–Kier alpha value is -2.41. The number of thiophene rings is 1. The lowest BCUT2D eigenvalue weighted by molar-refractivity contribution is -0.126. The zero-order valence-corrected chi connectivity index (χ0v) is 18.5. The van der Waals surface area contributed by atoms with Crippen molar-refractivity contribution in [3.63, 3.8) is 0 Å². The number of hydrogen-bond donors (Lipinski definition) is 1. The van der Waals surface area contributed by atoms with E-state index in [4.69, 9.17) is 4.42 Å². The second kappa shape index (κ2) is 7.78. The second-order valence-electron chi connectivity index (χ2n) is 8.02. The summed E-state index contributed by atoms with van der Waals surface area (Å²) >= 11 is 1.72. The van der Waals surface area contributed by atoms with Crippen LogP contribution in [0.5, 0.6) is 0 Å². The van der Waals surface area contributed by atoms with Gasteiger partial charge in [0.2, 0.25) is 5.91 Å². The van der Waals surface area contributed by atoms with Crippen molar-refractivity contribution in [2.24, 2.45) is 5.92 Å². The van der Waals surface area contributed by atoms with Crippen molar-refractivity contribution >= 4 is 33.3 Å². The molecule has 0 aliphatic carbocycles. The fraction of sp³-hybridized carbons (Fsp3) is 0.500. The maximum Gasteiger partial charge on any atom is 0.223 e. The lowest BCUT2D eigenvalue weighted by atomic mass is 9.95. The number of piperidine rings is 1. The molecule has 1 N–H and O–H groups in total. The van der Waals surface area contributed by atoms with Crippen LogP contribution in [0.15, 0.2) is 16.8 Å². The van der Waals surface area contributed by atoms with Crippen molar-refractivity contribution in [3.05, 3.63) is 39.9 Å². The Bertz CT molecular complexity index is 1050. The van der Waals surface area contributed by atoms with Gasteiger partial charge in [0.1, 0.15) is 28.5 Å². The number of anilines is 1. The predicted molar refractivity (Wildman–Crippen MR) is 117 cm³/mol. The minimum Gasteiger partial charge on any atom is -0.466 e. The lowest BCUT2D eigenvalue weighted by Crippen LogP contribution is -2.41. The summed E-state index contributed by atoms with van der Waals surface area (Å²) in [5.74, 6) is 2.92. The molecular formula is C22H28N4O2S. The smallest absolute Gasteiger partial charge is 0.223 e. The van der Waals surface area contributed by atoms with Gasteiger partial charge < -0.3 is 14.6 Å². The third-order valence-corrected chi connectivity index (χ3v) is 7.13. The highest BCUT2D eigenvalue weighted by Gasteiger charge is 2.28. The van der Waals surface area contributed by atoms with E-state index in [-0.39, 0.29) is 17.9 Å². The summed E-state index contributed by atoms with van der Waals surface area (Å²) in [6, 6.07) is 1.96. The standard InChI is InChI=1S/C22H28N4O2S/c1-12-10-18(15(4)28-12)14(3)25-21(27)17-6-8-26(9-7-17)20-19-13(2)16(5)29-22(19)24-11-23-20/h10-11,14,17H,6-9H2,1-5H3,(H,25,27). The van der Waals surface area contributed by atoms with Crippen molar-refractivity contribution < 1.29 is 9.21 Å². The number of hydrogen-bond acceptors (Lipinski definition) is 6. The van der Waals surface area contributed by atoms with E-state index in [1.165, 1.54) is 10.4 Å². The predicted octanol–water partition coefficient (Wildman–Crippen LogP) is 4.61. The number of furan rings is 1. The SMILES string of the molecule is Cc1cc(C(C)NC(=O)C2CCN(c3ncnc4sc(C)c(C)c34)CC2)c(C)o1. The summed E-state index contributed by atoms with van der Waals surface area (Å²) in [5, 5.41) is 4.34. The van der Waals surface area contributed by atoms with Gasteiger partial charge in [0.15, 0.2) is 0 Å². The Morgan fingerprint density at radius 3 is 2.62 bits per heavy atom. The van der Waals surface area contributed by atoms with Gasteiger partial charge in [0.25, 0.3) is 0 Å². The zero-order valence-electron chi connectivity index (χ0n) is 17.7. The van der Waals surface area contributed by atoms with E-state index in [1.54, 1.807) is 17.7 Å². The average molecular weight is 413 g/mol. The topological polar surface area (TPSA) is 71.3 Å². The van der Waals surface area contributed by atoms with E-state index < -0.39 is 0 Å². The van der Waals surface area contributed by atoms with Crippen molar-refractivity contribution in [2.75, 3.05) is 18.0 Å². The Kier molecular flexibility index (Phi) is 5.34. The number of carbonyl (C=O) groups is 1. The van der Waals surface area contributed by atoms with E-state index in [9.17, 15) is 4.79 Å². The molecule has 1 saturated heterocycles. The molecule has 7 heteroatoms. The summed E-state index contributed by atoms with van der Waals surface area (Å²) in [5.41, 5.74) is 2.32. The molecule has 0 spiro atoms. The molecule has 3 aromatic rings. The molecule has 1 aliphatic rings. The summed E-state index contributed by atoms with van der Waals surface area (Å²) < 4.78 is 5.60. The van der Waals surface area contributed by atoms with Crippen molar-refractivity contribution in [1.82, 2.24) is 15.3 Å². The first-order chi connectivity index (χ1) is 13.8. The maximum absolute atomic E-state index is 12.8. The number of amides is 1. The summed E-state index contributed by atoms with van der Waals surface area (Å²) in [6.07, 6.45) is 3.31. The molecule has 6 nitrogen and oxygen atoms in total. The Morgan fingerprint density at radius 1 is 1.24 bits per heavy atom. The molecule has 0 bridgehead atoms. The molecule has 0 saturated carbocycles. The van der Waals surface area contributed by atoms with Crippen LogP contribution in [-0.2, 0) is 4.79 Å². The quantitative estimate of drug-likeness (QED) is 0.677. The van der Waals surface area contributed by atoms with E-state index in [0.717, 1.165) is 59.0 Å². The second-order valence-corrected chi connectivity index (χ2v) is 9.22. The van der Waals surface area contributed by atoms with Crippen LogP contribution in [-0.4, -0.2) is 29.0 Å². The number of carbonyl (C=O) groups excluding carboxylic acids is 1. The molecule has 1 amide bonds. The number of fused-ring (bicyclic) bond motifs is 1. The minimum absolute atomic E-state index is 0.0321. The van der Waals surface area contributed by atoms with Gasteiger partial charge in [-0.15, -0.1) is 11.3 Å². The monoisotopic (exact) mass is 412 g/mol. The normalized spacial score (nSPS) is 16.4. The molecule has 1 unspecified atom stereocenters. The largest absolute Gasteiger partial charge is 0.466 e. The van der Waals surface area contributed by atoms with Crippen molar-refractivity contribution in [1.29, 1.82) is 0 Å². The lowest BCUT2D eigenvalue weighted by Gasteiger charge is -2.33. The molecule has 1 aliphatic heterocycles. The first-order valence-electron chi connectivity index (χ1n) is 10.2. The fourth-order valence-corrected chi connectivity index (χ4v) is 5.24. The van der Waals surface area contributed by atoms with Crippen LogP contribution < -0.4 is 10.2 Å². The molecule has 0 radical (unpaired) electrons. The van der Waals surface area contributed by atoms with Crippen molar-refractivity contribution in [3.8, 4) is 0 Å². The fourth-order valence-electron chi connectivity index (χ4n) is 4.25. The minimum atomic E-state index is -0.0455. The van der Waals surface area contributed by atoms with Crippen molar-refractivity contribution in [2.45, 2.75) is 53.5 Å². The van der Waals surface area contributed by atoms with Gasteiger partial charge in [-0.1, -0.05) is 0 Å². The van der Waals surface area contributed by atoms with Crippen LogP contribution in [0.2, 0.25) is 0 Å². The molecule has 0 aromatic carbocycles. The molecule has 154 valence electrons. The van der Waals surface area contributed by atoms with Crippen LogP contribution in [0.3, 0.4) is 0 Å². The van der Waals surface area contributed by atoms with Gasteiger partial charge >= 0.3 is 0 Å². The van der Waals surface area contributed by atoms with E-state index in [2.05, 4.69) is 34.0 Å². The van der Waals surface area contributed by atoms with Gasteiger partial charge in [-0.05, 0) is 59.1 Å². The summed E-state index contributed by atoms with van der Waals surface area (Å²) in [4.78, 5) is 26.5. The molecule has 4 heterocycles. The van der Waals surface area contributed by atoms with E-state index in [0.29, 0.717) is 0 Å². The maximum atomic E-state index is 12.8. The highest BCUT2D eigenvalue weighted by atomic mass is 32.1. The zero-order chi connectivity index (χ0) is 20.7. The highest BCUT2D eigenvalue weighted by Crippen LogP contribution is 2.35. The number of nitrogens with zero attached hydrogens (tertiary/aromatic N) is 3. The molecule has 4 rings (SSSR count). The molecule has 29 heavy (non-hydrogen) atoms. The van der Waals surface area contributed by atoms with Gasteiger partial charge in [-0.3, -0.25) is 4.79 Å². The Morgan fingerprint density at radius 2 is 1.97 bits per heavy atom. The number of aryl methyl sites for hydroxylation is 4. The molecule has 1 atom stereocenters. The van der Waals surface area contributed by atoms with Gasteiger partial charge in [-0.2, -0.15) is 0 Å². The van der Waals surface area contributed by atoms with Gasteiger partial charge in [0.05, 0.1) is 11.4 Å². The number of rotatable bonds is 4. The third kappa shape index (κ3) is 3.75. The first kappa shape index (κ1) is 19.9. The number of aromatic nitrogens is 2. The third-order valence-electron chi connectivity index (χ3n) is 6.02.